The summed E-state index contributed by atoms with van der Waals surface area (Å²) in [6, 6.07) is 17.9. The third-order valence-corrected chi connectivity index (χ3v) is 11.0. The van der Waals surface area contributed by atoms with E-state index >= 15 is 0 Å². The number of anilines is 2. The Bertz CT molecular complexity index is 2730. The van der Waals surface area contributed by atoms with Gasteiger partial charge in [-0.15, -0.1) is 0 Å². The van der Waals surface area contributed by atoms with Crippen LogP contribution in [-0.2, 0) is 6.54 Å². The van der Waals surface area contributed by atoms with Gasteiger partial charge in [-0.05, 0) is 99.1 Å². The van der Waals surface area contributed by atoms with Crippen molar-refractivity contribution in [3.8, 4) is 39.7 Å². The molecule has 0 atom stereocenters. The molecule has 0 saturated carbocycles. The molecular formula is C40H35N7O7S2. The number of nitrogens with one attached hydrogen (secondary N) is 1. The third kappa shape index (κ3) is 6.88. The number of nitrogens with two attached hydrogens (primary N) is 1. The Morgan fingerprint density at radius 3 is 2.62 bits per heavy atom. The summed E-state index contributed by atoms with van der Waals surface area (Å²) in [6.45, 7) is 7.35. The van der Waals surface area contributed by atoms with Crippen molar-refractivity contribution in [1.29, 1.82) is 0 Å². The van der Waals surface area contributed by atoms with Crippen LogP contribution in [-0.4, -0.2) is 65.1 Å². The third-order valence-electron chi connectivity index (χ3n) is 9.51. The van der Waals surface area contributed by atoms with Crippen LogP contribution >= 0.6 is 24.0 Å². The van der Waals surface area contributed by atoms with Gasteiger partial charge in [-0.1, -0.05) is 17.8 Å². The van der Waals surface area contributed by atoms with Gasteiger partial charge in [-0.25, -0.2) is 19.7 Å². The molecule has 16 heteroatoms. The first-order chi connectivity index (χ1) is 26.9. The number of fused-ring (bicyclic) bond motifs is 4. The maximum absolute atomic E-state index is 12.8. The number of rotatable bonds is 10. The van der Waals surface area contributed by atoms with Crippen LogP contribution in [0.2, 0.25) is 0 Å². The summed E-state index contributed by atoms with van der Waals surface area (Å²) in [5.41, 5.74) is 10.4. The summed E-state index contributed by atoms with van der Waals surface area (Å²) in [4.78, 5) is 41.5. The van der Waals surface area contributed by atoms with Crippen LogP contribution in [0.3, 0.4) is 0 Å². The van der Waals surface area contributed by atoms with Gasteiger partial charge in [0.05, 0.1) is 5.56 Å². The number of benzene rings is 4. The highest BCUT2D eigenvalue weighted by Gasteiger charge is 2.24. The second-order valence-corrected chi connectivity index (χ2v) is 14.9. The highest BCUT2D eigenvalue weighted by molar-refractivity contribution is 7.99. The Hall–Kier alpha value is -6.39. The van der Waals surface area contributed by atoms with Crippen LogP contribution in [0.25, 0.3) is 44.6 Å². The number of thiocarbonyl (C=S) groups is 1. The molecule has 3 aliphatic rings. The van der Waals surface area contributed by atoms with Crippen LogP contribution in [0.15, 0.2) is 92.3 Å². The molecule has 2 aromatic heterocycles. The van der Waals surface area contributed by atoms with Crippen molar-refractivity contribution in [2.45, 2.75) is 49.8 Å². The summed E-state index contributed by atoms with van der Waals surface area (Å²) in [7, 11) is 0. The molecule has 0 radical (unpaired) electrons. The number of carboxylic acid groups (broad SMARTS) is 1. The molecule has 14 nitrogen and oxygen atoms in total. The van der Waals surface area contributed by atoms with Gasteiger partial charge in [0.15, 0.2) is 44.2 Å². The largest absolute Gasteiger partial charge is 0.508 e. The Labute approximate surface area is 329 Å². The van der Waals surface area contributed by atoms with E-state index < -0.39 is 5.97 Å². The number of aromatic nitrogens is 4. The first kappa shape index (κ1) is 36.6. The minimum Gasteiger partial charge on any atom is -0.508 e. The molecule has 0 spiro atoms. The molecule has 0 fully saturated rings. The van der Waals surface area contributed by atoms with Crippen molar-refractivity contribution in [2.24, 2.45) is 0 Å². The van der Waals surface area contributed by atoms with Crippen molar-refractivity contribution in [2.75, 3.05) is 24.4 Å². The second kappa shape index (κ2) is 14.7. The average Bonchev–Trinajstić information content (AvgIpc) is 3.76. The first-order valence-electron chi connectivity index (χ1n) is 17.6. The zero-order chi connectivity index (χ0) is 39.2. The van der Waals surface area contributed by atoms with E-state index in [1.165, 1.54) is 48.4 Å². The van der Waals surface area contributed by atoms with Gasteiger partial charge in [-0.3, -0.25) is 4.79 Å². The van der Waals surface area contributed by atoms with Crippen molar-refractivity contribution in [1.82, 2.24) is 24.4 Å². The van der Waals surface area contributed by atoms with Crippen molar-refractivity contribution >= 4 is 68.7 Å². The number of carboxylic acids is 1. The highest BCUT2D eigenvalue weighted by Crippen LogP contribution is 2.43. The number of nitrogens with zero attached hydrogens (tertiary/aromatic N) is 5. The zero-order valence-corrected chi connectivity index (χ0v) is 32.0. The predicted molar refractivity (Wildman–Crippen MR) is 217 cm³/mol. The van der Waals surface area contributed by atoms with Crippen molar-refractivity contribution in [3.05, 3.63) is 94.4 Å². The molecule has 1 aliphatic carbocycles. The average molecular weight is 790 g/mol. The van der Waals surface area contributed by atoms with Gasteiger partial charge in [0.2, 0.25) is 6.79 Å². The van der Waals surface area contributed by atoms with Gasteiger partial charge in [0.1, 0.15) is 23.4 Å². The molecular weight excluding hydrogens is 755 g/mol. The molecule has 8 rings (SSSR count). The Morgan fingerprint density at radius 1 is 1.05 bits per heavy atom. The lowest BCUT2D eigenvalue weighted by Gasteiger charge is -2.30. The molecule has 5 N–H and O–H groups in total. The van der Waals surface area contributed by atoms with E-state index in [1.807, 2.05) is 42.4 Å². The Kier molecular flexibility index (Phi) is 9.59. The molecule has 5 aromatic rings. The molecule has 284 valence electrons. The molecule has 4 heterocycles. The number of aromatic carboxylic acids is 1. The van der Waals surface area contributed by atoms with Crippen LogP contribution < -0.4 is 26.0 Å². The standard InChI is InChI=1S/C40H35N7O7S2/c1-20(2)46(11-4-12-47-37-35(36(41)42-18-43-37)45-40(47)56-33-17-32-31(13-21(33)3)52-19-53-32)39(55)44-22-5-8-25(28(14-22)38(50)51)34-26-9-6-23(48)15-29(26)54-30-16-24(49)7-10-27(30)34/h5-10,13-18,20,48H,4,11-12,19H2,1-3H3,(H,44,55)(H,50,51)(H2,41,42,43). The topological polar surface area (TPSA) is 191 Å². The van der Waals surface area contributed by atoms with Gasteiger partial charge < -0.3 is 44.6 Å². The van der Waals surface area contributed by atoms with Crippen LogP contribution in [0.4, 0.5) is 11.5 Å². The van der Waals surface area contributed by atoms with E-state index in [-0.39, 0.29) is 35.3 Å². The lowest BCUT2D eigenvalue weighted by atomic mass is 9.90. The monoisotopic (exact) mass is 789 g/mol. The summed E-state index contributed by atoms with van der Waals surface area (Å²) in [5.74, 6) is 0.763. The molecule has 0 bridgehead atoms. The lowest BCUT2D eigenvalue weighted by Crippen LogP contribution is -2.40. The number of ether oxygens (including phenoxy) is 2. The minimum atomic E-state index is -1.15. The van der Waals surface area contributed by atoms with E-state index in [4.69, 9.17) is 36.8 Å². The maximum Gasteiger partial charge on any atom is 0.336 e. The summed E-state index contributed by atoms with van der Waals surface area (Å²) in [6.07, 6.45) is 2.08. The number of phenolic OH excluding ortho intramolecular Hbond substituents is 1. The van der Waals surface area contributed by atoms with Crippen LogP contribution in [0.5, 0.6) is 17.2 Å². The van der Waals surface area contributed by atoms with E-state index in [0.717, 1.165) is 10.5 Å². The zero-order valence-electron chi connectivity index (χ0n) is 30.4. The summed E-state index contributed by atoms with van der Waals surface area (Å²) < 4.78 is 19.2. The van der Waals surface area contributed by atoms with E-state index in [1.54, 1.807) is 24.3 Å². The highest BCUT2D eigenvalue weighted by atomic mass is 32.2. The molecule has 2 aliphatic heterocycles. The fourth-order valence-corrected chi connectivity index (χ4v) is 8.23. The van der Waals surface area contributed by atoms with Crippen LogP contribution in [0, 0.1) is 6.92 Å². The summed E-state index contributed by atoms with van der Waals surface area (Å²) in [5, 5.41) is 25.6. The van der Waals surface area contributed by atoms with Crippen LogP contribution in [0.1, 0.15) is 36.2 Å². The minimum absolute atomic E-state index is 0.00367. The van der Waals surface area contributed by atoms with Gasteiger partial charge >= 0.3 is 5.97 Å². The van der Waals surface area contributed by atoms with Gasteiger partial charge in [0, 0.05) is 58.4 Å². The fourth-order valence-electron chi connectivity index (χ4n) is 6.80. The number of aryl methyl sites for hydroxylation is 2. The van der Waals surface area contributed by atoms with Gasteiger partial charge in [-0.2, -0.15) is 0 Å². The van der Waals surface area contributed by atoms with E-state index in [0.29, 0.717) is 91.6 Å². The smallest absolute Gasteiger partial charge is 0.336 e. The van der Waals surface area contributed by atoms with Crippen molar-refractivity contribution < 1.29 is 28.9 Å². The molecule has 0 unspecified atom stereocenters. The number of carbonyl (C=O) groups is 1. The number of phenols is 1. The van der Waals surface area contributed by atoms with E-state index in [2.05, 4.69) is 15.3 Å². The SMILES string of the molecule is Cc1cc2c(cc1Sc1nc3c(N)ncnc3n1CCCN(C(=S)Nc1ccc(-c3c4ccc(=O)cc-4oc4cc(O)ccc34)c(C(=O)O)c1)C(C)C)OCO2. The normalized spacial score (nSPS) is 12.2. The quantitative estimate of drug-likeness (QED) is 0.0792. The maximum atomic E-state index is 12.8. The second-order valence-electron chi connectivity index (χ2n) is 13.5. The summed E-state index contributed by atoms with van der Waals surface area (Å²) >= 11 is 7.40. The van der Waals surface area contributed by atoms with Crippen molar-refractivity contribution in [3.63, 3.8) is 0 Å². The number of hydrogen-bond donors (Lipinski definition) is 4. The fraction of sp³-hybridized carbons (Fsp3) is 0.200. The predicted octanol–water partition coefficient (Wildman–Crippen LogP) is 7.38. The van der Waals surface area contributed by atoms with Gasteiger partial charge in [0.25, 0.3) is 0 Å². The lowest BCUT2D eigenvalue weighted by molar-refractivity contribution is 0.0697. The number of nitrogen functional groups attached to an aromatic ring is 1. The number of hydrogen-bond acceptors (Lipinski definition) is 12. The molecule has 56 heavy (non-hydrogen) atoms. The van der Waals surface area contributed by atoms with E-state index in [9.17, 15) is 19.8 Å². The Morgan fingerprint density at radius 2 is 1.84 bits per heavy atom. The number of aromatic hydroxyl groups is 1. The Balaban J connectivity index is 1.05. The molecule has 0 saturated heterocycles. The molecule has 0 amide bonds. The number of imidazole rings is 1. The first-order valence-corrected chi connectivity index (χ1v) is 18.9. The molecule has 3 aromatic carbocycles.